The molecule has 0 aliphatic carbocycles. The second-order valence-corrected chi connectivity index (χ2v) is 5.35. The lowest BCUT2D eigenvalue weighted by Crippen LogP contribution is -2.52. The summed E-state index contributed by atoms with van der Waals surface area (Å²) in [6, 6.07) is -3.65. The van der Waals surface area contributed by atoms with Crippen molar-refractivity contribution >= 4 is 23.7 Å². The number of nitrogens with two attached hydrogens (primary N) is 3. The summed E-state index contributed by atoms with van der Waals surface area (Å²) in [5.74, 6) is -2.99. The molecule has 0 radical (unpaired) electrons. The molecule has 9 N–H and O–H groups in total. The van der Waals surface area contributed by atoms with Gasteiger partial charge in [-0.2, -0.15) is 0 Å². The maximum Gasteiger partial charge on any atom is 0.325 e. The Morgan fingerprint density at radius 2 is 1.39 bits per heavy atom. The molecule has 0 aromatic carbocycles. The highest BCUT2D eigenvalue weighted by Crippen LogP contribution is 2.02. The van der Waals surface area contributed by atoms with Gasteiger partial charge in [-0.15, -0.1) is 0 Å². The van der Waals surface area contributed by atoms with E-state index in [-0.39, 0.29) is 6.42 Å². The normalized spacial score (nSPS) is 15.8. The highest BCUT2D eigenvalue weighted by molar-refractivity contribution is 5.91. The molecule has 132 valence electrons. The third-order valence-electron chi connectivity index (χ3n) is 3.21. The average Bonchev–Trinajstić information content (AvgIpc) is 2.46. The van der Waals surface area contributed by atoms with Crippen molar-refractivity contribution in [2.45, 2.75) is 57.3 Å². The van der Waals surface area contributed by atoms with Gasteiger partial charge >= 0.3 is 5.97 Å². The van der Waals surface area contributed by atoms with E-state index in [9.17, 15) is 19.2 Å². The molecule has 3 amide bonds. The van der Waals surface area contributed by atoms with Crippen LogP contribution in [-0.2, 0) is 19.2 Å². The van der Waals surface area contributed by atoms with Crippen molar-refractivity contribution in [1.29, 1.82) is 0 Å². The van der Waals surface area contributed by atoms with Crippen molar-refractivity contribution in [3.05, 3.63) is 0 Å². The van der Waals surface area contributed by atoms with Crippen LogP contribution in [0.3, 0.4) is 0 Å². The van der Waals surface area contributed by atoms with Gasteiger partial charge in [0.2, 0.25) is 17.7 Å². The van der Waals surface area contributed by atoms with Crippen LogP contribution in [0.2, 0.25) is 0 Å². The fourth-order valence-electron chi connectivity index (χ4n) is 1.62. The second kappa shape index (κ2) is 9.74. The fourth-order valence-corrected chi connectivity index (χ4v) is 1.62. The largest absolute Gasteiger partial charge is 0.480 e. The number of nitrogens with one attached hydrogen (secondary N) is 2. The Kier molecular flexibility index (Phi) is 8.81. The van der Waals surface area contributed by atoms with Gasteiger partial charge in [-0.1, -0.05) is 0 Å². The molecule has 4 unspecified atom stereocenters. The topological polar surface area (TPSA) is 191 Å². The summed E-state index contributed by atoms with van der Waals surface area (Å²) in [4.78, 5) is 44.9. The van der Waals surface area contributed by atoms with Crippen LogP contribution >= 0.6 is 0 Å². The first-order valence-corrected chi connectivity index (χ1v) is 7.20. The molecule has 10 heteroatoms. The van der Waals surface area contributed by atoms with Gasteiger partial charge in [0.1, 0.15) is 12.1 Å². The van der Waals surface area contributed by atoms with Crippen LogP contribution in [0.15, 0.2) is 0 Å². The number of hydrogen-bond donors (Lipinski definition) is 6. The molecule has 0 rings (SSSR count). The predicted octanol–water partition coefficient (Wildman–Crippen LogP) is -2.61. The van der Waals surface area contributed by atoms with Crippen LogP contribution in [0.5, 0.6) is 0 Å². The first-order chi connectivity index (χ1) is 10.6. The van der Waals surface area contributed by atoms with Gasteiger partial charge in [0.15, 0.2) is 0 Å². The molecule has 23 heavy (non-hydrogen) atoms. The Morgan fingerprint density at radius 3 is 1.87 bits per heavy atom. The van der Waals surface area contributed by atoms with Crippen LogP contribution in [0, 0.1) is 0 Å². The van der Waals surface area contributed by atoms with Crippen LogP contribution in [0.25, 0.3) is 0 Å². The van der Waals surface area contributed by atoms with Crippen LogP contribution in [0.4, 0.5) is 0 Å². The first-order valence-electron chi connectivity index (χ1n) is 7.20. The Labute approximate surface area is 134 Å². The number of hydrogen-bond acceptors (Lipinski definition) is 6. The Bertz CT molecular complexity index is 456. The van der Waals surface area contributed by atoms with Crippen LogP contribution in [-0.4, -0.2) is 53.0 Å². The third-order valence-corrected chi connectivity index (χ3v) is 3.21. The monoisotopic (exact) mass is 331 g/mol. The molecule has 0 saturated heterocycles. The summed E-state index contributed by atoms with van der Waals surface area (Å²) >= 11 is 0. The molecule has 0 aliphatic rings. The third kappa shape index (κ3) is 8.12. The number of carboxylic acid groups (broad SMARTS) is 1. The molecule has 0 bridgehead atoms. The number of primary amides is 1. The summed E-state index contributed by atoms with van der Waals surface area (Å²) in [5, 5.41) is 13.3. The minimum atomic E-state index is -1.18. The molecule has 4 atom stereocenters. The zero-order valence-corrected chi connectivity index (χ0v) is 13.2. The number of amides is 3. The maximum atomic E-state index is 11.8. The van der Waals surface area contributed by atoms with E-state index in [1.54, 1.807) is 0 Å². The van der Waals surface area contributed by atoms with Crippen LogP contribution < -0.4 is 27.8 Å². The molecule has 0 spiro atoms. The van der Waals surface area contributed by atoms with Crippen LogP contribution in [0.1, 0.15) is 33.1 Å². The highest BCUT2D eigenvalue weighted by atomic mass is 16.4. The molecule has 0 aliphatic heterocycles. The molecule has 0 aromatic rings. The van der Waals surface area contributed by atoms with Gasteiger partial charge in [-0.05, 0) is 33.1 Å². The molecular weight excluding hydrogens is 306 g/mol. The molecule has 0 fully saturated rings. The summed E-state index contributed by atoms with van der Waals surface area (Å²) in [6.45, 7) is 2.72. The molecule has 0 aromatic heterocycles. The molecule has 0 saturated carbocycles. The van der Waals surface area contributed by atoms with Crippen molar-refractivity contribution in [2.24, 2.45) is 17.2 Å². The van der Waals surface area contributed by atoms with Gasteiger partial charge in [0.25, 0.3) is 0 Å². The van der Waals surface area contributed by atoms with E-state index < -0.39 is 47.9 Å². The van der Waals surface area contributed by atoms with E-state index >= 15 is 0 Å². The van der Waals surface area contributed by atoms with E-state index in [1.807, 2.05) is 0 Å². The van der Waals surface area contributed by atoms with Crippen molar-refractivity contribution in [2.75, 3.05) is 0 Å². The zero-order chi connectivity index (χ0) is 18.2. The number of carbonyl (C=O) groups is 4. The SMILES string of the molecule is CC(NC(=O)C(C)NC(=O)C(N)CCCC(N)C(N)=O)C(=O)O. The summed E-state index contributed by atoms with van der Waals surface area (Å²) in [5.41, 5.74) is 16.1. The van der Waals surface area contributed by atoms with Crippen molar-refractivity contribution < 1.29 is 24.3 Å². The first kappa shape index (κ1) is 20.8. The number of rotatable bonds is 10. The van der Waals surface area contributed by atoms with Gasteiger partial charge in [0, 0.05) is 0 Å². The van der Waals surface area contributed by atoms with Crippen molar-refractivity contribution in [3.8, 4) is 0 Å². The number of carbonyl (C=O) groups excluding carboxylic acids is 3. The molecule has 10 nitrogen and oxygen atoms in total. The highest BCUT2D eigenvalue weighted by Gasteiger charge is 2.23. The Balaban J connectivity index is 4.22. The lowest BCUT2D eigenvalue weighted by atomic mass is 10.1. The Morgan fingerprint density at radius 1 is 0.913 bits per heavy atom. The summed E-state index contributed by atoms with van der Waals surface area (Å²) < 4.78 is 0. The van der Waals surface area contributed by atoms with Gasteiger partial charge in [-0.25, -0.2) is 0 Å². The van der Waals surface area contributed by atoms with E-state index in [0.29, 0.717) is 12.8 Å². The van der Waals surface area contributed by atoms with E-state index in [2.05, 4.69) is 10.6 Å². The van der Waals surface area contributed by atoms with Crippen molar-refractivity contribution in [3.63, 3.8) is 0 Å². The van der Waals surface area contributed by atoms with E-state index in [4.69, 9.17) is 22.3 Å². The van der Waals surface area contributed by atoms with Gasteiger partial charge < -0.3 is 32.9 Å². The molecular formula is C13H25N5O5. The summed E-state index contributed by atoms with van der Waals surface area (Å²) in [6.07, 6.45) is 1.00. The Hall–Kier alpha value is -2.20. The van der Waals surface area contributed by atoms with E-state index in [0.717, 1.165) is 0 Å². The predicted molar refractivity (Wildman–Crippen MR) is 81.8 cm³/mol. The van der Waals surface area contributed by atoms with Gasteiger partial charge in [0.05, 0.1) is 12.1 Å². The quantitative estimate of drug-likeness (QED) is 0.252. The lowest BCUT2D eigenvalue weighted by Gasteiger charge is -2.19. The lowest BCUT2D eigenvalue weighted by molar-refractivity contribution is -0.141. The summed E-state index contributed by atoms with van der Waals surface area (Å²) in [7, 11) is 0. The fraction of sp³-hybridized carbons (Fsp3) is 0.692. The van der Waals surface area contributed by atoms with Crippen molar-refractivity contribution in [1.82, 2.24) is 10.6 Å². The minimum Gasteiger partial charge on any atom is -0.480 e. The van der Waals surface area contributed by atoms with Gasteiger partial charge in [-0.3, -0.25) is 19.2 Å². The average molecular weight is 331 g/mol. The number of aliphatic carboxylic acids is 1. The zero-order valence-electron chi connectivity index (χ0n) is 13.2. The van der Waals surface area contributed by atoms with E-state index in [1.165, 1.54) is 13.8 Å². The minimum absolute atomic E-state index is 0.271. The smallest absolute Gasteiger partial charge is 0.325 e. The maximum absolute atomic E-state index is 11.8. The number of carboxylic acids is 1. The standard InChI is InChI=1S/C13H25N5O5/c1-6(11(20)18-7(2)13(22)23)17-12(21)9(15)5-3-4-8(14)10(16)19/h6-9H,3-5,14-15H2,1-2H3,(H2,16,19)(H,17,21)(H,18,20)(H,22,23). The second-order valence-electron chi connectivity index (χ2n) is 5.35. The molecule has 0 heterocycles.